The highest BCUT2D eigenvalue weighted by Gasteiger charge is 2.35. The smallest absolute Gasteiger partial charge is 0.240 e. The maximum atomic E-state index is 12.9. The van der Waals surface area contributed by atoms with Gasteiger partial charge in [0.15, 0.2) is 0 Å². The summed E-state index contributed by atoms with van der Waals surface area (Å²) in [7, 11) is -3.69. The average molecular weight is 364 g/mol. The molecule has 0 saturated heterocycles. The number of hydrogen-bond acceptors (Lipinski definition) is 4. The second-order valence-corrected chi connectivity index (χ2v) is 7.97. The van der Waals surface area contributed by atoms with E-state index >= 15 is 0 Å². The van der Waals surface area contributed by atoms with Crippen molar-refractivity contribution in [3.8, 4) is 5.75 Å². The fourth-order valence-electron chi connectivity index (χ4n) is 2.99. The Bertz CT molecular complexity index is 840. The van der Waals surface area contributed by atoms with Crippen molar-refractivity contribution in [1.29, 1.82) is 0 Å². The lowest BCUT2D eigenvalue weighted by Crippen LogP contribution is -2.48. The molecule has 0 spiro atoms. The molecule has 134 valence electrons. The maximum absolute atomic E-state index is 12.9. The first-order valence-electron chi connectivity index (χ1n) is 8.16. The third-order valence-corrected chi connectivity index (χ3v) is 5.99. The molecule has 1 heterocycles. The monoisotopic (exact) mass is 364 g/mol. The van der Waals surface area contributed by atoms with Crippen molar-refractivity contribution in [3.63, 3.8) is 0 Å². The Morgan fingerprint density at radius 3 is 2.60 bits per heavy atom. The van der Waals surface area contributed by atoms with Gasteiger partial charge in [0.1, 0.15) is 17.2 Å². The van der Waals surface area contributed by atoms with E-state index < -0.39 is 21.4 Å². The van der Waals surface area contributed by atoms with Crippen molar-refractivity contribution >= 4 is 10.0 Å². The van der Waals surface area contributed by atoms with Crippen molar-refractivity contribution in [2.75, 3.05) is 13.1 Å². The molecule has 1 aliphatic rings. The first kappa shape index (κ1) is 17.8. The van der Waals surface area contributed by atoms with Crippen molar-refractivity contribution in [1.82, 2.24) is 4.72 Å². The summed E-state index contributed by atoms with van der Waals surface area (Å²) in [5, 5.41) is 0. The SMILES string of the molecule is NCC1(CCNS(=O)(=O)c2ccc(F)cc2)CCc2ccccc2O1. The molecule has 25 heavy (non-hydrogen) atoms. The van der Waals surface area contributed by atoms with E-state index in [0.29, 0.717) is 13.0 Å². The van der Waals surface area contributed by atoms with Crippen LogP contribution in [0.15, 0.2) is 53.4 Å². The van der Waals surface area contributed by atoms with E-state index in [-0.39, 0.29) is 11.4 Å². The van der Waals surface area contributed by atoms with Gasteiger partial charge < -0.3 is 10.5 Å². The largest absolute Gasteiger partial charge is 0.486 e. The number of fused-ring (bicyclic) bond motifs is 1. The number of hydrogen-bond donors (Lipinski definition) is 2. The third-order valence-electron chi connectivity index (χ3n) is 4.52. The van der Waals surface area contributed by atoms with Gasteiger partial charge in [-0.25, -0.2) is 17.5 Å². The van der Waals surface area contributed by atoms with E-state index in [0.717, 1.165) is 36.3 Å². The summed E-state index contributed by atoms with van der Waals surface area (Å²) in [5.74, 6) is 0.330. The zero-order valence-corrected chi connectivity index (χ0v) is 14.6. The standard InChI is InChI=1S/C18H21FN2O3S/c19-15-5-7-16(8-6-15)25(22,23)21-12-11-18(13-20)10-9-14-3-1-2-4-17(14)24-18/h1-8,21H,9-13,20H2. The predicted octanol–water partition coefficient (Wildman–Crippen LogP) is 2.22. The number of rotatable bonds is 6. The molecular formula is C18H21FN2O3S. The van der Waals surface area contributed by atoms with Gasteiger partial charge in [0.05, 0.1) is 4.90 Å². The number of ether oxygens (including phenoxy) is 1. The number of benzene rings is 2. The van der Waals surface area contributed by atoms with Crippen LogP contribution >= 0.6 is 0 Å². The minimum Gasteiger partial charge on any atom is -0.486 e. The fourth-order valence-corrected chi connectivity index (χ4v) is 4.02. The molecule has 0 bridgehead atoms. The predicted molar refractivity (Wildman–Crippen MR) is 93.4 cm³/mol. The maximum Gasteiger partial charge on any atom is 0.240 e. The van der Waals surface area contributed by atoms with Crippen LogP contribution in [0.5, 0.6) is 5.75 Å². The van der Waals surface area contributed by atoms with Gasteiger partial charge in [-0.3, -0.25) is 0 Å². The number of aryl methyl sites for hydroxylation is 1. The van der Waals surface area contributed by atoms with Gasteiger partial charge in [-0.2, -0.15) is 0 Å². The number of nitrogens with two attached hydrogens (primary N) is 1. The van der Waals surface area contributed by atoms with Gasteiger partial charge in [0, 0.05) is 19.5 Å². The van der Waals surface area contributed by atoms with Gasteiger partial charge in [-0.1, -0.05) is 18.2 Å². The Labute approximate surface area is 147 Å². The van der Waals surface area contributed by atoms with E-state index in [1.165, 1.54) is 12.1 Å². The van der Waals surface area contributed by atoms with Crippen LogP contribution in [0.1, 0.15) is 18.4 Å². The second-order valence-electron chi connectivity index (χ2n) is 6.20. The molecule has 2 aromatic carbocycles. The summed E-state index contributed by atoms with van der Waals surface area (Å²) in [6.07, 6.45) is 2.04. The summed E-state index contributed by atoms with van der Waals surface area (Å²) in [6.45, 7) is 0.499. The highest BCUT2D eigenvalue weighted by molar-refractivity contribution is 7.89. The van der Waals surface area contributed by atoms with Crippen LogP contribution in [-0.2, 0) is 16.4 Å². The van der Waals surface area contributed by atoms with E-state index in [1.54, 1.807) is 0 Å². The molecule has 3 rings (SSSR count). The molecule has 0 aromatic heterocycles. The normalized spacial score (nSPS) is 19.9. The van der Waals surface area contributed by atoms with Gasteiger partial charge >= 0.3 is 0 Å². The molecule has 1 atom stereocenters. The number of halogens is 1. The Hall–Kier alpha value is -1.96. The fraction of sp³-hybridized carbons (Fsp3) is 0.333. The lowest BCUT2D eigenvalue weighted by atomic mass is 9.88. The summed E-state index contributed by atoms with van der Waals surface area (Å²) in [4.78, 5) is 0.0330. The van der Waals surface area contributed by atoms with Crippen molar-refractivity contribution in [2.45, 2.75) is 29.8 Å². The van der Waals surface area contributed by atoms with Crippen LogP contribution in [0.25, 0.3) is 0 Å². The Kier molecular flexibility index (Phi) is 5.08. The molecule has 1 aliphatic heterocycles. The number of nitrogens with one attached hydrogen (secondary N) is 1. The topological polar surface area (TPSA) is 81.4 Å². The van der Waals surface area contributed by atoms with E-state index in [2.05, 4.69) is 4.72 Å². The summed E-state index contributed by atoms with van der Waals surface area (Å²) in [5.41, 5.74) is 6.48. The van der Waals surface area contributed by atoms with Crippen LogP contribution in [0.4, 0.5) is 4.39 Å². The molecule has 1 unspecified atom stereocenters. The van der Waals surface area contributed by atoms with Gasteiger partial charge in [-0.15, -0.1) is 0 Å². The molecule has 0 amide bonds. The van der Waals surface area contributed by atoms with Gasteiger partial charge in [0.2, 0.25) is 10.0 Å². The van der Waals surface area contributed by atoms with Crippen LogP contribution < -0.4 is 15.2 Å². The van der Waals surface area contributed by atoms with Gasteiger partial charge in [-0.05, 0) is 48.7 Å². The summed E-state index contributed by atoms with van der Waals surface area (Å²) < 4.78 is 46.1. The molecule has 5 nitrogen and oxygen atoms in total. The molecule has 0 radical (unpaired) electrons. The van der Waals surface area contributed by atoms with Crippen molar-refractivity contribution < 1.29 is 17.5 Å². The van der Waals surface area contributed by atoms with Crippen LogP contribution in [-0.4, -0.2) is 27.1 Å². The van der Waals surface area contributed by atoms with Crippen molar-refractivity contribution in [2.24, 2.45) is 5.73 Å². The lowest BCUT2D eigenvalue weighted by molar-refractivity contribution is 0.0475. The molecular weight excluding hydrogens is 343 g/mol. The van der Waals surface area contributed by atoms with E-state index in [1.807, 2.05) is 24.3 Å². The first-order valence-corrected chi connectivity index (χ1v) is 9.65. The van der Waals surface area contributed by atoms with Crippen LogP contribution in [0.3, 0.4) is 0 Å². The molecule has 0 saturated carbocycles. The molecule has 3 N–H and O–H groups in total. The molecule has 7 heteroatoms. The minimum atomic E-state index is -3.69. The average Bonchev–Trinajstić information content (AvgIpc) is 2.62. The molecule has 0 aliphatic carbocycles. The number of para-hydroxylation sites is 1. The second kappa shape index (κ2) is 7.11. The van der Waals surface area contributed by atoms with Gasteiger partial charge in [0.25, 0.3) is 0 Å². The first-order chi connectivity index (χ1) is 11.9. The summed E-state index contributed by atoms with van der Waals surface area (Å²) in [6, 6.07) is 12.5. The molecule has 2 aromatic rings. The summed E-state index contributed by atoms with van der Waals surface area (Å²) >= 11 is 0. The Morgan fingerprint density at radius 1 is 1.16 bits per heavy atom. The highest BCUT2D eigenvalue weighted by atomic mass is 32.2. The zero-order chi connectivity index (χ0) is 17.9. The Balaban J connectivity index is 1.65. The molecule has 0 fully saturated rings. The minimum absolute atomic E-state index is 0.0330. The van der Waals surface area contributed by atoms with Crippen LogP contribution in [0, 0.1) is 5.82 Å². The quantitative estimate of drug-likeness (QED) is 0.823. The van der Waals surface area contributed by atoms with E-state index in [4.69, 9.17) is 10.5 Å². The Morgan fingerprint density at radius 2 is 1.88 bits per heavy atom. The highest BCUT2D eigenvalue weighted by Crippen LogP contribution is 2.34. The zero-order valence-electron chi connectivity index (χ0n) is 13.7. The van der Waals surface area contributed by atoms with Crippen molar-refractivity contribution in [3.05, 3.63) is 59.9 Å². The lowest BCUT2D eigenvalue weighted by Gasteiger charge is -2.38. The number of sulfonamides is 1. The third kappa shape index (κ3) is 4.00. The van der Waals surface area contributed by atoms with E-state index in [9.17, 15) is 12.8 Å². The van der Waals surface area contributed by atoms with Crippen LogP contribution in [0.2, 0.25) is 0 Å².